The molecule has 9 atom stereocenters. The molecule has 0 aliphatic carbocycles. The van der Waals surface area contributed by atoms with Crippen LogP contribution >= 0.6 is 23.5 Å². The second-order valence-electron chi connectivity index (χ2n) is 11.7. The molecule has 11 N–H and O–H groups in total. The standard InChI is InChI=1S/C22H32N11O16P3/c1-30-3-9(46-11(4-30)33-8-31(2)13-17(33)27-22(24)29-19(13)37)5-44-50(38,39)48-52(42,43)49-51(40,41)45-6-10-14(34)15(35)20(47-10)32-7-25-12-16(32)26-21(23)28-18(12)36/h7-11,14-15,20,34-35H,3-6H2,1-2H3,(H8-,23,24,26,27,28,29,36,37,38,39,40,41,42,43)/p+1/t9-,10?,11?,14+,15+,20+/m0/s1. The van der Waals surface area contributed by atoms with Crippen LogP contribution in [0.3, 0.4) is 0 Å². The van der Waals surface area contributed by atoms with Crippen molar-refractivity contribution >= 4 is 57.7 Å². The maximum absolute atomic E-state index is 12.6. The molecule has 0 bridgehead atoms. The third kappa shape index (κ3) is 8.03. The number of anilines is 2. The van der Waals surface area contributed by atoms with Gasteiger partial charge in [0.2, 0.25) is 11.5 Å². The Morgan fingerprint density at radius 3 is 2.25 bits per heavy atom. The van der Waals surface area contributed by atoms with Crippen molar-refractivity contribution in [3.05, 3.63) is 33.4 Å². The van der Waals surface area contributed by atoms with Gasteiger partial charge < -0.3 is 45.8 Å². The van der Waals surface area contributed by atoms with Crippen LogP contribution in [0.5, 0.6) is 0 Å². The Hall–Kier alpha value is -3.49. The van der Waals surface area contributed by atoms with Gasteiger partial charge in [-0.05, 0) is 7.05 Å². The zero-order chi connectivity index (χ0) is 37.9. The van der Waals surface area contributed by atoms with Crippen molar-refractivity contribution in [3.8, 4) is 0 Å². The Labute approximate surface area is 289 Å². The lowest BCUT2D eigenvalue weighted by atomic mass is 10.1. The van der Waals surface area contributed by atoms with Crippen LogP contribution in [-0.4, -0.2) is 122 Å². The number of aromatic amines is 2. The molecule has 0 aromatic carbocycles. The Balaban J connectivity index is 1.04. The van der Waals surface area contributed by atoms with E-state index in [2.05, 4.69) is 38.1 Å². The van der Waals surface area contributed by atoms with Gasteiger partial charge in [0.1, 0.15) is 18.3 Å². The number of hydrogen-bond acceptors (Lipinski definition) is 19. The molecule has 5 unspecified atom stereocenters. The summed E-state index contributed by atoms with van der Waals surface area (Å²) < 4.78 is 70.9. The van der Waals surface area contributed by atoms with Crippen molar-refractivity contribution in [2.45, 2.75) is 36.9 Å². The average molecular weight is 800 g/mol. The molecule has 0 spiro atoms. The lowest BCUT2D eigenvalue weighted by molar-refractivity contribution is -0.747. The molecule has 30 heteroatoms. The van der Waals surface area contributed by atoms with Crippen molar-refractivity contribution < 1.29 is 70.3 Å². The topological polar surface area (TPSA) is 381 Å². The number of rotatable bonds is 12. The molecule has 0 saturated carbocycles. The number of nitrogens with one attached hydrogen (secondary N) is 2. The summed E-state index contributed by atoms with van der Waals surface area (Å²) in [5.74, 6) is -0.434. The van der Waals surface area contributed by atoms with E-state index in [-0.39, 0.29) is 47.3 Å². The van der Waals surface area contributed by atoms with E-state index in [0.29, 0.717) is 0 Å². The van der Waals surface area contributed by atoms with Gasteiger partial charge in [0, 0.05) is 6.54 Å². The summed E-state index contributed by atoms with van der Waals surface area (Å²) in [6.45, 7) is -1.34. The highest BCUT2D eigenvalue weighted by molar-refractivity contribution is 7.66. The minimum absolute atomic E-state index is 0.129. The molecule has 27 nitrogen and oxygen atoms in total. The molecular formula is C22H33N11O16P3+. The van der Waals surface area contributed by atoms with E-state index in [0.717, 1.165) is 10.9 Å². The number of aliphatic hydroxyl groups is 2. The van der Waals surface area contributed by atoms with Crippen LogP contribution in [-0.2, 0) is 47.9 Å². The van der Waals surface area contributed by atoms with Crippen molar-refractivity contribution in [3.63, 3.8) is 0 Å². The van der Waals surface area contributed by atoms with Crippen molar-refractivity contribution in [1.29, 1.82) is 0 Å². The Bertz CT molecular complexity index is 2260. The normalized spacial score (nSPS) is 27.8. The summed E-state index contributed by atoms with van der Waals surface area (Å²) >= 11 is 0. The van der Waals surface area contributed by atoms with Crippen LogP contribution in [0.15, 0.2) is 22.2 Å². The van der Waals surface area contributed by atoms with Gasteiger partial charge in [-0.3, -0.25) is 42.6 Å². The number of aliphatic hydroxyl groups excluding tert-OH is 2. The number of morpholine rings is 1. The van der Waals surface area contributed by atoms with Gasteiger partial charge >= 0.3 is 29.1 Å². The Morgan fingerprint density at radius 2 is 1.56 bits per heavy atom. The lowest BCUT2D eigenvalue weighted by Gasteiger charge is -2.34. The molecule has 4 aromatic heterocycles. The quantitative estimate of drug-likeness (QED) is 0.0499. The van der Waals surface area contributed by atoms with Crippen molar-refractivity contribution in [2.24, 2.45) is 7.05 Å². The first-order chi connectivity index (χ1) is 24.2. The fraction of sp³-hybridized carbons (Fsp3) is 0.545. The Morgan fingerprint density at radius 1 is 0.923 bits per heavy atom. The van der Waals surface area contributed by atoms with Gasteiger partial charge in [-0.15, -0.1) is 0 Å². The highest BCUT2D eigenvalue weighted by atomic mass is 31.3. The molecule has 0 radical (unpaired) electrons. The maximum atomic E-state index is 12.6. The summed E-state index contributed by atoms with van der Waals surface area (Å²) in [4.78, 5) is 73.0. The molecule has 2 fully saturated rings. The van der Waals surface area contributed by atoms with Crippen LogP contribution in [0, 0.1) is 0 Å². The fourth-order valence-electron chi connectivity index (χ4n) is 5.62. The van der Waals surface area contributed by atoms with Crippen molar-refractivity contribution in [2.75, 3.05) is 44.8 Å². The van der Waals surface area contributed by atoms with Gasteiger partial charge in [0.05, 0.1) is 39.2 Å². The number of imidazole rings is 2. The van der Waals surface area contributed by atoms with Crippen LogP contribution in [0.1, 0.15) is 12.5 Å². The highest BCUT2D eigenvalue weighted by Crippen LogP contribution is 2.67. The number of nitrogens with two attached hydrogens (primary N) is 2. The summed E-state index contributed by atoms with van der Waals surface area (Å²) in [7, 11) is -13.7. The molecule has 4 aromatic rings. The third-order valence-electron chi connectivity index (χ3n) is 7.73. The molecule has 286 valence electrons. The minimum atomic E-state index is -5.89. The van der Waals surface area contributed by atoms with Crippen LogP contribution in [0.25, 0.3) is 22.3 Å². The third-order valence-corrected chi connectivity index (χ3v) is 12.0. The molecule has 6 rings (SSSR count). The lowest BCUT2D eigenvalue weighted by Crippen LogP contribution is -2.54. The number of aromatic nitrogens is 8. The predicted molar refractivity (Wildman–Crippen MR) is 169 cm³/mol. The van der Waals surface area contributed by atoms with E-state index < -0.39 is 84.7 Å². The zero-order valence-electron chi connectivity index (χ0n) is 26.8. The van der Waals surface area contributed by atoms with Gasteiger partial charge in [-0.25, -0.2) is 23.2 Å². The molecule has 2 aliphatic rings. The number of H-pyrrole nitrogens is 2. The Kier molecular flexibility index (Phi) is 10.3. The number of phosphoric acid groups is 3. The number of nitrogen functional groups attached to an aromatic ring is 2. The fourth-order valence-corrected chi connectivity index (χ4v) is 9.16. The second kappa shape index (κ2) is 14.1. The molecule has 6 heterocycles. The first-order valence-electron chi connectivity index (χ1n) is 14.8. The number of nitrogens with zero attached hydrogens (tertiary/aromatic N) is 7. The number of aryl methyl sites for hydroxylation is 1. The monoisotopic (exact) mass is 800 g/mol. The van der Waals surface area contributed by atoms with Crippen LogP contribution in [0.2, 0.25) is 0 Å². The highest BCUT2D eigenvalue weighted by Gasteiger charge is 2.47. The zero-order valence-corrected chi connectivity index (χ0v) is 29.5. The molecule has 2 saturated heterocycles. The van der Waals surface area contributed by atoms with Crippen LogP contribution in [0.4, 0.5) is 11.9 Å². The number of phosphoric ester groups is 2. The van der Waals surface area contributed by atoms with E-state index >= 15 is 0 Å². The number of ether oxygens (including phenoxy) is 2. The van der Waals surface area contributed by atoms with E-state index in [1.165, 1.54) is 15.5 Å². The van der Waals surface area contributed by atoms with Crippen LogP contribution < -0.4 is 27.2 Å². The van der Waals surface area contributed by atoms with Crippen molar-refractivity contribution in [1.82, 2.24) is 39.0 Å². The van der Waals surface area contributed by atoms with E-state index in [1.807, 2.05) is 0 Å². The number of fused-ring (bicyclic) bond motifs is 2. The average Bonchev–Trinajstić information content (AvgIpc) is 3.67. The first kappa shape index (κ1) is 38.2. The summed E-state index contributed by atoms with van der Waals surface area (Å²) in [6, 6.07) is 0. The summed E-state index contributed by atoms with van der Waals surface area (Å²) in [5, 5.41) is 21.0. The molecule has 2 aliphatic heterocycles. The number of hydrogen-bond donors (Lipinski definition) is 9. The minimum Gasteiger partial charge on any atom is -0.387 e. The maximum Gasteiger partial charge on any atom is 0.490 e. The smallest absolute Gasteiger partial charge is 0.387 e. The summed E-state index contributed by atoms with van der Waals surface area (Å²) in [5.41, 5.74) is 10.1. The van der Waals surface area contributed by atoms with Gasteiger partial charge in [0.15, 0.2) is 29.9 Å². The molecular weight excluding hydrogens is 767 g/mol. The first-order valence-corrected chi connectivity index (χ1v) is 19.2. The largest absolute Gasteiger partial charge is 0.490 e. The van der Waals surface area contributed by atoms with Gasteiger partial charge in [-0.2, -0.15) is 13.6 Å². The van der Waals surface area contributed by atoms with Gasteiger partial charge in [0.25, 0.3) is 17.1 Å². The second-order valence-corrected chi connectivity index (χ2v) is 16.3. The van der Waals surface area contributed by atoms with E-state index in [9.17, 15) is 48.2 Å². The van der Waals surface area contributed by atoms with E-state index in [1.54, 1.807) is 19.0 Å². The predicted octanol–water partition coefficient (Wildman–Crippen LogP) is -3.34. The number of likely N-dealkylation sites (N-methyl/N-ethyl adjacent to an activating group) is 1. The molecule has 0 amide bonds. The summed E-state index contributed by atoms with van der Waals surface area (Å²) in [6.07, 6.45) is -5.75. The SMILES string of the molecule is CN1CC([n+]2cn(C)c3c(=O)[nH]c(N)nc32)O[C@H](COP(=O)(O)OP(=O)(O)OP(=O)(O)OCC2O[C@@H](n3cnc4c(=O)[nH]c(N)nc43)[C@H](O)[C@@H]2O)C1. The van der Waals surface area contributed by atoms with Gasteiger partial charge in [-0.1, -0.05) is 4.98 Å². The molecule has 52 heavy (non-hydrogen) atoms. The van der Waals surface area contributed by atoms with E-state index in [4.69, 9.17) is 25.5 Å².